The molecule has 0 unspecified atom stereocenters. The van der Waals surface area contributed by atoms with E-state index in [0.717, 1.165) is 17.1 Å². The highest BCUT2D eigenvalue weighted by Crippen LogP contribution is 2.18. The van der Waals surface area contributed by atoms with Crippen molar-refractivity contribution in [3.05, 3.63) is 40.1 Å². The molecule has 0 bridgehead atoms. The molecule has 0 amide bonds. The predicted molar refractivity (Wildman–Crippen MR) is 64.9 cm³/mol. The maximum Gasteiger partial charge on any atom is 0.180 e. The van der Waals surface area contributed by atoms with E-state index in [4.69, 9.17) is 0 Å². The Morgan fingerprint density at radius 2 is 2.31 bits per heavy atom. The van der Waals surface area contributed by atoms with Crippen molar-refractivity contribution in [3.8, 4) is 0 Å². The number of rotatable bonds is 4. The molecule has 2 aromatic rings. The quantitative estimate of drug-likeness (QED) is 0.762. The van der Waals surface area contributed by atoms with Crippen molar-refractivity contribution >= 4 is 17.1 Å². The molecule has 0 radical (unpaired) electrons. The van der Waals surface area contributed by atoms with E-state index in [-0.39, 0.29) is 5.78 Å². The second-order valence-corrected chi connectivity index (χ2v) is 4.84. The summed E-state index contributed by atoms with van der Waals surface area (Å²) in [5, 5.41) is 0. The van der Waals surface area contributed by atoms with E-state index in [1.165, 1.54) is 4.88 Å². The zero-order valence-electron chi connectivity index (χ0n) is 9.43. The molecule has 3 nitrogen and oxygen atoms in total. The van der Waals surface area contributed by atoms with Crippen LogP contribution in [-0.4, -0.2) is 15.3 Å². The third-order valence-electron chi connectivity index (χ3n) is 2.52. The summed E-state index contributed by atoms with van der Waals surface area (Å²) in [5.41, 5.74) is 0. The Morgan fingerprint density at radius 1 is 1.50 bits per heavy atom. The molecule has 0 atom stereocenters. The highest BCUT2D eigenvalue weighted by Gasteiger charge is 2.12. The standard InChI is InChI=1S/C12H14N2OS/c1-3-9-4-5-11(16-9)10(15)8-12-13-6-7-14(12)2/h4-7H,3,8H2,1-2H3. The van der Waals surface area contributed by atoms with Crippen LogP contribution in [-0.2, 0) is 19.9 Å². The fraction of sp³-hybridized carbons (Fsp3) is 0.333. The summed E-state index contributed by atoms with van der Waals surface area (Å²) in [7, 11) is 1.90. The Bertz CT molecular complexity index is 499. The fourth-order valence-corrected chi connectivity index (χ4v) is 2.40. The summed E-state index contributed by atoms with van der Waals surface area (Å²) >= 11 is 1.58. The molecule has 0 N–H and O–H groups in total. The van der Waals surface area contributed by atoms with Gasteiger partial charge in [-0.2, -0.15) is 0 Å². The number of nitrogens with zero attached hydrogens (tertiary/aromatic N) is 2. The molecular formula is C12H14N2OS. The van der Waals surface area contributed by atoms with Crippen LogP contribution in [0, 0.1) is 0 Å². The molecule has 0 fully saturated rings. The van der Waals surface area contributed by atoms with Gasteiger partial charge in [0.2, 0.25) is 0 Å². The van der Waals surface area contributed by atoms with Crippen LogP contribution in [0.2, 0.25) is 0 Å². The summed E-state index contributed by atoms with van der Waals surface area (Å²) < 4.78 is 1.88. The number of imidazole rings is 1. The summed E-state index contributed by atoms with van der Waals surface area (Å²) in [4.78, 5) is 18.2. The van der Waals surface area contributed by atoms with Gasteiger partial charge < -0.3 is 4.57 Å². The minimum Gasteiger partial charge on any atom is -0.338 e. The second kappa shape index (κ2) is 4.61. The number of aryl methyl sites for hydroxylation is 2. The van der Waals surface area contributed by atoms with Crippen LogP contribution >= 0.6 is 11.3 Å². The average molecular weight is 234 g/mol. The average Bonchev–Trinajstić information content (AvgIpc) is 2.88. The Kier molecular flexibility index (Phi) is 3.19. The minimum atomic E-state index is 0.152. The first-order chi connectivity index (χ1) is 7.70. The fourth-order valence-electron chi connectivity index (χ4n) is 1.52. The molecule has 0 aliphatic rings. The number of Topliss-reactive ketones (excluding diaryl/α,β-unsaturated/α-hetero) is 1. The van der Waals surface area contributed by atoms with Gasteiger partial charge in [0, 0.05) is 24.3 Å². The van der Waals surface area contributed by atoms with Crippen molar-refractivity contribution in [2.45, 2.75) is 19.8 Å². The molecule has 0 aromatic carbocycles. The summed E-state index contributed by atoms with van der Waals surface area (Å²) in [6.45, 7) is 2.10. The molecule has 0 aliphatic heterocycles. The molecule has 16 heavy (non-hydrogen) atoms. The lowest BCUT2D eigenvalue weighted by molar-refractivity contribution is 0.0994. The lowest BCUT2D eigenvalue weighted by Crippen LogP contribution is -2.06. The number of aromatic nitrogens is 2. The van der Waals surface area contributed by atoms with Crippen LogP contribution in [0.15, 0.2) is 24.5 Å². The van der Waals surface area contributed by atoms with Gasteiger partial charge in [-0.1, -0.05) is 6.92 Å². The van der Waals surface area contributed by atoms with E-state index in [2.05, 4.69) is 11.9 Å². The van der Waals surface area contributed by atoms with Gasteiger partial charge in [-0.05, 0) is 18.6 Å². The van der Waals surface area contributed by atoms with E-state index in [1.54, 1.807) is 17.5 Å². The molecular weight excluding hydrogens is 220 g/mol. The third kappa shape index (κ3) is 2.22. The van der Waals surface area contributed by atoms with Crippen molar-refractivity contribution in [3.63, 3.8) is 0 Å². The normalized spacial score (nSPS) is 10.6. The van der Waals surface area contributed by atoms with Crippen molar-refractivity contribution in [1.29, 1.82) is 0 Å². The smallest absolute Gasteiger partial charge is 0.180 e. The number of hydrogen-bond acceptors (Lipinski definition) is 3. The topological polar surface area (TPSA) is 34.9 Å². The van der Waals surface area contributed by atoms with Crippen LogP contribution in [0.3, 0.4) is 0 Å². The van der Waals surface area contributed by atoms with E-state index >= 15 is 0 Å². The Morgan fingerprint density at radius 3 is 2.88 bits per heavy atom. The van der Waals surface area contributed by atoms with Gasteiger partial charge >= 0.3 is 0 Å². The number of hydrogen-bond donors (Lipinski definition) is 0. The van der Waals surface area contributed by atoms with Crippen LogP contribution in [0.25, 0.3) is 0 Å². The summed E-state index contributed by atoms with van der Waals surface area (Å²) in [6, 6.07) is 3.94. The Labute approximate surface area is 98.8 Å². The van der Waals surface area contributed by atoms with Crippen molar-refractivity contribution in [1.82, 2.24) is 9.55 Å². The van der Waals surface area contributed by atoms with Crippen molar-refractivity contribution in [2.75, 3.05) is 0 Å². The summed E-state index contributed by atoms with van der Waals surface area (Å²) in [6.07, 6.45) is 4.94. The largest absolute Gasteiger partial charge is 0.338 e. The van der Waals surface area contributed by atoms with Crippen molar-refractivity contribution in [2.24, 2.45) is 7.05 Å². The van der Waals surface area contributed by atoms with E-state index in [0.29, 0.717) is 6.42 Å². The van der Waals surface area contributed by atoms with E-state index in [9.17, 15) is 4.79 Å². The second-order valence-electron chi connectivity index (χ2n) is 3.67. The molecule has 0 saturated carbocycles. The van der Waals surface area contributed by atoms with Gasteiger partial charge in [-0.25, -0.2) is 4.98 Å². The molecule has 4 heteroatoms. The number of ketones is 1. The van der Waals surface area contributed by atoms with Crippen LogP contribution in [0.5, 0.6) is 0 Å². The first-order valence-corrected chi connectivity index (χ1v) is 6.10. The minimum absolute atomic E-state index is 0.152. The molecule has 0 aliphatic carbocycles. The predicted octanol–water partition coefficient (Wildman–Crippen LogP) is 2.47. The number of carbonyl (C=O) groups excluding carboxylic acids is 1. The molecule has 2 heterocycles. The highest BCUT2D eigenvalue weighted by molar-refractivity contribution is 7.14. The Balaban J connectivity index is 2.11. The van der Waals surface area contributed by atoms with Gasteiger partial charge in [0.05, 0.1) is 11.3 Å². The van der Waals surface area contributed by atoms with Gasteiger partial charge in [-0.3, -0.25) is 4.79 Å². The first kappa shape index (κ1) is 11.1. The first-order valence-electron chi connectivity index (χ1n) is 5.28. The van der Waals surface area contributed by atoms with E-state index < -0.39 is 0 Å². The van der Waals surface area contributed by atoms with Gasteiger partial charge in [0.1, 0.15) is 5.82 Å². The highest BCUT2D eigenvalue weighted by atomic mass is 32.1. The SMILES string of the molecule is CCc1ccc(C(=O)Cc2nccn2C)s1. The molecule has 0 saturated heterocycles. The van der Waals surface area contributed by atoms with Crippen LogP contribution in [0.4, 0.5) is 0 Å². The lowest BCUT2D eigenvalue weighted by atomic mass is 10.2. The zero-order chi connectivity index (χ0) is 11.5. The molecule has 0 spiro atoms. The van der Waals surface area contributed by atoms with Gasteiger partial charge in [0.15, 0.2) is 5.78 Å². The number of carbonyl (C=O) groups is 1. The monoisotopic (exact) mass is 234 g/mol. The number of thiophene rings is 1. The van der Waals surface area contributed by atoms with Gasteiger partial charge in [0.25, 0.3) is 0 Å². The summed E-state index contributed by atoms with van der Waals surface area (Å²) in [5.74, 6) is 0.968. The van der Waals surface area contributed by atoms with Crippen molar-refractivity contribution < 1.29 is 4.79 Å². The lowest BCUT2D eigenvalue weighted by Gasteiger charge is -1.99. The van der Waals surface area contributed by atoms with Crippen LogP contribution in [0.1, 0.15) is 27.3 Å². The zero-order valence-corrected chi connectivity index (χ0v) is 10.3. The molecule has 84 valence electrons. The molecule has 2 aromatic heterocycles. The Hall–Kier alpha value is -1.42. The van der Waals surface area contributed by atoms with Crippen LogP contribution < -0.4 is 0 Å². The third-order valence-corrected chi connectivity index (χ3v) is 3.80. The maximum absolute atomic E-state index is 12.0. The van der Waals surface area contributed by atoms with E-state index in [1.807, 2.05) is 29.9 Å². The molecule has 2 rings (SSSR count). The van der Waals surface area contributed by atoms with Gasteiger partial charge in [-0.15, -0.1) is 11.3 Å². The maximum atomic E-state index is 12.0.